The van der Waals surface area contributed by atoms with Crippen LogP contribution in [0.4, 0.5) is 17.2 Å². The Labute approximate surface area is 208 Å². The van der Waals surface area contributed by atoms with E-state index in [0.717, 1.165) is 81.3 Å². The first-order valence-corrected chi connectivity index (χ1v) is 12.7. The molecule has 188 valence electrons. The van der Waals surface area contributed by atoms with Gasteiger partial charge in [-0.25, -0.2) is 4.98 Å². The summed E-state index contributed by atoms with van der Waals surface area (Å²) in [7, 11) is 1.65. The summed E-state index contributed by atoms with van der Waals surface area (Å²) in [6.45, 7) is 6.53. The van der Waals surface area contributed by atoms with Gasteiger partial charge in [0.1, 0.15) is 11.6 Å². The smallest absolute Gasteiger partial charge is 0.231 e. The molecule has 1 aliphatic heterocycles. The zero-order chi connectivity index (χ0) is 24.6. The average Bonchev–Trinajstić information content (AvgIpc) is 2.90. The van der Waals surface area contributed by atoms with Gasteiger partial charge in [-0.3, -0.25) is 19.4 Å². The number of hydrogen-bond acceptors (Lipinski definition) is 6. The molecule has 1 aromatic carbocycles. The summed E-state index contributed by atoms with van der Waals surface area (Å²) in [5.41, 5.74) is 1.76. The molecule has 8 heteroatoms. The van der Waals surface area contributed by atoms with E-state index in [-0.39, 0.29) is 17.7 Å². The molecule has 2 fully saturated rings. The molecule has 4 rings (SSSR count). The highest BCUT2D eigenvalue weighted by molar-refractivity contribution is 5.94. The Bertz CT molecular complexity index is 986. The van der Waals surface area contributed by atoms with Crippen molar-refractivity contribution < 1.29 is 14.3 Å². The standard InChI is InChI=1S/C27H37N5O3/c1-21(33)29-23-11-12-24(25(20-23)35-2)31-17-14-30(15-18-31)16-19-32(26-10-6-7-13-28-26)27(34)22-8-4-3-5-9-22/h6-7,10-13,20,22H,3-5,8-9,14-19H2,1-2H3,(H,29,33). The monoisotopic (exact) mass is 479 g/mol. The van der Waals surface area contributed by atoms with Gasteiger partial charge in [0.05, 0.1) is 12.8 Å². The van der Waals surface area contributed by atoms with E-state index < -0.39 is 0 Å². The zero-order valence-electron chi connectivity index (χ0n) is 20.9. The molecule has 0 spiro atoms. The van der Waals surface area contributed by atoms with Crippen molar-refractivity contribution in [2.45, 2.75) is 39.0 Å². The predicted molar refractivity (Wildman–Crippen MR) is 139 cm³/mol. The van der Waals surface area contributed by atoms with Crippen molar-refractivity contribution in [1.29, 1.82) is 0 Å². The second kappa shape index (κ2) is 12.0. The highest BCUT2D eigenvalue weighted by Crippen LogP contribution is 2.32. The molecule has 1 aromatic heterocycles. The van der Waals surface area contributed by atoms with Crippen LogP contribution in [0.3, 0.4) is 0 Å². The van der Waals surface area contributed by atoms with Crippen molar-refractivity contribution in [3.8, 4) is 5.75 Å². The number of nitrogens with one attached hydrogen (secondary N) is 1. The number of carbonyl (C=O) groups is 2. The molecule has 2 amide bonds. The number of methoxy groups -OCH3 is 1. The first kappa shape index (κ1) is 25.0. The average molecular weight is 480 g/mol. The number of hydrogen-bond donors (Lipinski definition) is 1. The number of anilines is 3. The maximum Gasteiger partial charge on any atom is 0.231 e. The van der Waals surface area contributed by atoms with E-state index in [1.807, 2.05) is 41.3 Å². The largest absolute Gasteiger partial charge is 0.495 e. The highest BCUT2D eigenvalue weighted by atomic mass is 16.5. The summed E-state index contributed by atoms with van der Waals surface area (Å²) in [6.07, 6.45) is 7.26. The summed E-state index contributed by atoms with van der Waals surface area (Å²) in [4.78, 5) is 35.9. The fraction of sp³-hybridized carbons (Fsp3) is 0.519. The lowest BCUT2D eigenvalue weighted by Gasteiger charge is -2.38. The number of ether oxygens (including phenoxy) is 1. The van der Waals surface area contributed by atoms with E-state index in [1.165, 1.54) is 13.3 Å². The number of nitrogens with zero attached hydrogens (tertiary/aromatic N) is 4. The third-order valence-corrected chi connectivity index (χ3v) is 7.00. The Hall–Kier alpha value is -3.13. The van der Waals surface area contributed by atoms with E-state index in [4.69, 9.17) is 4.74 Å². The second-order valence-corrected chi connectivity index (χ2v) is 9.41. The Morgan fingerprint density at radius 2 is 1.86 bits per heavy atom. The van der Waals surface area contributed by atoms with Gasteiger partial charge < -0.3 is 15.0 Å². The van der Waals surface area contributed by atoms with Crippen LogP contribution in [0.5, 0.6) is 5.75 Å². The number of benzene rings is 1. The molecule has 2 aromatic rings. The molecule has 8 nitrogen and oxygen atoms in total. The summed E-state index contributed by atoms with van der Waals surface area (Å²) in [5.74, 6) is 1.76. The van der Waals surface area contributed by atoms with Crippen LogP contribution < -0.4 is 19.9 Å². The minimum atomic E-state index is -0.102. The van der Waals surface area contributed by atoms with Crippen LogP contribution in [0, 0.1) is 5.92 Å². The van der Waals surface area contributed by atoms with Crippen molar-refractivity contribution in [3.05, 3.63) is 42.6 Å². The Morgan fingerprint density at radius 1 is 1.09 bits per heavy atom. The van der Waals surface area contributed by atoms with Crippen molar-refractivity contribution in [3.63, 3.8) is 0 Å². The minimum absolute atomic E-state index is 0.102. The summed E-state index contributed by atoms with van der Waals surface area (Å²) >= 11 is 0. The first-order chi connectivity index (χ1) is 17.0. The van der Waals surface area contributed by atoms with E-state index in [1.54, 1.807) is 13.3 Å². The molecule has 2 aliphatic rings. The van der Waals surface area contributed by atoms with Crippen LogP contribution in [-0.2, 0) is 9.59 Å². The Balaban J connectivity index is 1.36. The van der Waals surface area contributed by atoms with Gasteiger partial charge in [-0.05, 0) is 37.1 Å². The van der Waals surface area contributed by atoms with E-state index >= 15 is 0 Å². The molecular weight excluding hydrogens is 442 g/mol. The minimum Gasteiger partial charge on any atom is -0.495 e. The normalized spacial score (nSPS) is 17.1. The summed E-state index contributed by atoms with van der Waals surface area (Å²) in [6, 6.07) is 11.6. The molecule has 35 heavy (non-hydrogen) atoms. The molecule has 0 atom stereocenters. The van der Waals surface area contributed by atoms with Gasteiger partial charge in [-0.2, -0.15) is 0 Å². The molecular formula is C27H37N5O3. The van der Waals surface area contributed by atoms with Gasteiger partial charge in [-0.15, -0.1) is 0 Å². The topological polar surface area (TPSA) is 78.0 Å². The van der Waals surface area contributed by atoms with E-state index in [0.29, 0.717) is 6.54 Å². The Morgan fingerprint density at radius 3 is 2.51 bits per heavy atom. The highest BCUT2D eigenvalue weighted by Gasteiger charge is 2.28. The van der Waals surface area contributed by atoms with Crippen molar-refractivity contribution >= 4 is 29.0 Å². The number of amides is 2. The van der Waals surface area contributed by atoms with Crippen LogP contribution in [0.2, 0.25) is 0 Å². The summed E-state index contributed by atoms with van der Waals surface area (Å²) in [5, 5.41) is 2.81. The molecule has 0 radical (unpaired) electrons. The van der Waals surface area contributed by atoms with Crippen LogP contribution in [0.1, 0.15) is 39.0 Å². The Kier molecular flexibility index (Phi) is 8.58. The lowest BCUT2D eigenvalue weighted by atomic mass is 9.88. The fourth-order valence-electron chi connectivity index (χ4n) is 5.09. The third kappa shape index (κ3) is 6.51. The first-order valence-electron chi connectivity index (χ1n) is 12.7. The number of carbonyl (C=O) groups excluding carboxylic acids is 2. The lowest BCUT2D eigenvalue weighted by molar-refractivity contribution is -0.123. The van der Waals surface area contributed by atoms with Crippen LogP contribution in [0.25, 0.3) is 0 Å². The summed E-state index contributed by atoms with van der Waals surface area (Å²) < 4.78 is 5.60. The predicted octanol–water partition coefficient (Wildman–Crippen LogP) is 3.78. The quantitative estimate of drug-likeness (QED) is 0.621. The van der Waals surface area contributed by atoms with Gasteiger partial charge in [0.15, 0.2) is 0 Å². The van der Waals surface area contributed by atoms with Crippen molar-refractivity contribution in [2.24, 2.45) is 5.92 Å². The van der Waals surface area contributed by atoms with Crippen LogP contribution >= 0.6 is 0 Å². The molecule has 1 saturated heterocycles. The van der Waals surface area contributed by atoms with Gasteiger partial charge in [0.25, 0.3) is 0 Å². The van der Waals surface area contributed by atoms with Gasteiger partial charge in [-0.1, -0.05) is 25.3 Å². The molecule has 0 unspecified atom stereocenters. The van der Waals surface area contributed by atoms with E-state index in [9.17, 15) is 9.59 Å². The van der Waals surface area contributed by atoms with E-state index in [2.05, 4.69) is 20.1 Å². The number of aromatic nitrogens is 1. The van der Waals surface area contributed by atoms with Crippen LogP contribution in [0.15, 0.2) is 42.6 Å². The maximum absolute atomic E-state index is 13.4. The number of rotatable bonds is 8. The molecule has 1 saturated carbocycles. The fourth-order valence-corrected chi connectivity index (χ4v) is 5.09. The molecule has 2 heterocycles. The van der Waals surface area contributed by atoms with Gasteiger partial charge >= 0.3 is 0 Å². The van der Waals surface area contributed by atoms with Gasteiger partial charge in [0, 0.05) is 70.1 Å². The molecule has 1 N–H and O–H groups in total. The van der Waals surface area contributed by atoms with Crippen molar-refractivity contribution in [2.75, 3.05) is 61.5 Å². The number of pyridine rings is 1. The second-order valence-electron chi connectivity index (χ2n) is 9.41. The van der Waals surface area contributed by atoms with Crippen molar-refractivity contribution in [1.82, 2.24) is 9.88 Å². The molecule has 1 aliphatic carbocycles. The SMILES string of the molecule is COc1cc(NC(C)=O)ccc1N1CCN(CCN(C(=O)C2CCCCC2)c2ccccn2)CC1. The third-order valence-electron chi connectivity index (χ3n) is 7.00. The van der Waals surface area contributed by atoms with Crippen LogP contribution in [-0.4, -0.2) is 68.1 Å². The zero-order valence-corrected chi connectivity index (χ0v) is 20.9. The van der Waals surface area contributed by atoms with Gasteiger partial charge in [0.2, 0.25) is 11.8 Å². The maximum atomic E-state index is 13.4. The lowest BCUT2D eigenvalue weighted by Crippen LogP contribution is -2.50. The number of piperazine rings is 1. The molecule has 0 bridgehead atoms.